The van der Waals surface area contributed by atoms with E-state index in [1.54, 1.807) is 0 Å². The van der Waals surface area contributed by atoms with Crippen LogP contribution in [0.25, 0.3) is 0 Å². The van der Waals surface area contributed by atoms with Crippen LogP contribution in [0.3, 0.4) is 0 Å². The molecule has 0 aliphatic heterocycles. The third kappa shape index (κ3) is 6.48. The molecule has 44 valence electrons. The van der Waals surface area contributed by atoms with Crippen molar-refractivity contribution in [1.29, 1.82) is 0 Å². The van der Waals surface area contributed by atoms with Crippen molar-refractivity contribution in [1.82, 2.24) is 0 Å². The average molecular weight is 182 g/mol. The molecule has 0 aliphatic rings. The summed E-state index contributed by atoms with van der Waals surface area (Å²) in [5, 5.41) is 6.65. The van der Waals surface area contributed by atoms with Crippen LogP contribution in [0.15, 0.2) is 10.2 Å². The van der Waals surface area contributed by atoms with Gasteiger partial charge >= 0.3 is 0 Å². The summed E-state index contributed by atoms with van der Waals surface area (Å²) in [6.45, 7) is 0. The zero-order chi connectivity index (χ0) is 6.57. The van der Waals surface area contributed by atoms with E-state index in [2.05, 4.69) is 59.9 Å². The number of thiocarbonyl (C=S) groups is 2. The lowest BCUT2D eigenvalue weighted by atomic mass is 11.4. The fourth-order valence-corrected chi connectivity index (χ4v) is 0.257. The number of nitrogens with zero attached hydrogens (tertiary/aromatic N) is 2. The highest BCUT2D eigenvalue weighted by Gasteiger charge is 1.80. The molecule has 0 aromatic carbocycles. The molecule has 0 unspecified atom stereocenters. The Morgan fingerprint density at radius 1 is 1.00 bits per heavy atom. The van der Waals surface area contributed by atoms with Gasteiger partial charge in [-0.15, -0.1) is 35.5 Å². The molecule has 0 radical (unpaired) electrons. The van der Waals surface area contributed by atoms with Crippen molar-refractivity contribution in [3.63, 3.8) is 0 Å². The number of azo groups is 1. The number of hydrogen-bond donors (Lipinski definition) is 2. The maximum Gasteiger partial charge on any atom is 0.179 e. The molecule has 0 fully saturated rings. The summed E-state index contributed by atoms with van der Waals surface area (Å²) in [7, 11) is 0. The molecule has 2 nitrogen and oxygen atoms in total. The Hall–Kier alpha value is 0.480. The highest BCUT2D eigenvalue weighted by molar-refractivity contribution is 8.11. The van der Waals surface area contributed by atoms with Crippen molar-refractivity contribution in [3.8, 4) is 0 Å². The number of hydrogen-bond acceptors (Lipinski definition) is 2. The van der Waals surface area contributed by atoms with Crippen molar-refractivity contribution < 1.29 is 0 Å². The van der Waals surface area contributed by atoms with E-state index in [4.69, 9.17) is 0 Å². The largest absolute Gasteiger partial charge is 0.179 e. The molecule has 0 saturated heterocycles. The van der Waals surface area contributed by atoms with Gasteiger partial charge in [-0.05, 0) is 24.4 Å². The van der Waals surface area contributed by atoms with Crippen LogP contribution >= 0.6 is 49.7 Å². The van der Waals surface area contributed by atoms with Crippen molar-refractivity contribution in [2.75, 3.05) is 0 Å². The summed E-state index contributed by atoms with van der Waals surface area (Å²) in [5.74, 6) is 0. The first-order valence-electron chi connectivity index (χ1n) is 1.50. The maximum absolute atomic E-state index is 4.42. The van der Waals surface area contributed by atoms with E-state index in [0.29, 0.717) is 0 Å². The number of rotatable bonds is 0. The molecule has 0 heterocycles. The van der Waals surface area contributed by atoms with Gasteiger partial charge in [-0.25, -0.2) is 0 Å². The molecular formula is C2H2N2S4. The van der Waals surface area contributed by atoms with Gasteiger partial charge in [0.05, 0.1) is 0 Å². The van der Waals surface area contributed by atoms with Crippen molar-refractivity contribution >= 4 is 58.3 Å². The minimum Gasteiger partial charge on any atom is -0.130 e. The topological polar surface area (TPSA) is 24.7 Å². The molecule has 0 saturated carbocycles. The monoisotopic (exact) mass is 182 g/mol. The van der Waals surface area contributed by atoms with Crippen molar-refractivity contribution in [2.45, 2.75) is 0 Å². The van der Waals surface area contributed by atoms with Gasteiger partial charge in [-0.2, -0.15) is 0 Å². The van der Waals surface area contributed by atoms with Gasteiger partial charge in [0.1, 0.15) is 0 Å². The first kappa shape index (κ1) is 8.48. The first-order chi connectivity index (χ1) is 3.63. The number of thiol groups is 2. The molecule has 0 spiro atoms. The molecule has 0 aliphatic carbocycles. The predicted molar refractivity (Wildman–Crippen MR) is 48.0 cm³/mol. The van der Waals surface area contributed by atoms with E-state index in [9.17, 15) is 0 Å². The van der Waals surface area contributed by atoms with E-state index >= 15 is 0 Å². The Kier molecular flexibility index (Phi) is 4.63. The molecule has 0 rings (SSSR count). The van der Waals surface area contributed by atoms with E-state index in [-0.39, 0.29) is 8.64 Å². The van der Waals surface area contributed by atoms with Crippen LogP contribution < -0.4 is 0 Å². The van der Waals surface area contributed by atoms with Crippen LogP contribution in [-0.4, -0.2) is 8.64 Å². The molecule has 0 aromatic heterocycles. The molecule has 0 amide bonds. The van der Waals surface area contributed by atoms with Crippen LogP contribution in [-0.2, 0) is 0 Å². The molecule has 8 heavy (non-hydrogen) atoms. The van der Waals surface area contributed by atoms with Gasteiger partial charge in [0.2, 0.25) is 0 Å². The summed E-state index contributed by atoms with van der Waals surface area (Å²) >= 11 is 16.1. The fourth-order valence-electron chi connectivity index (χ4n) is 0.0855. The third-order valence-electron chi connectivity index (χ3n) is 0.221. The minimum absolute atomic E-state index is 0.154. The smallest absolute Gasteiger partial charge is 0.130 e. The average Bonchev–Trinajstić information content (AvgIpc) is 1.61. The Labute approximate surface area is 68.6 Å². The van der Waals surface area contributed by atoms with E-state index in [0.717, 1.165) is 0 Å². The SMILES string of the molecule is S=C(S)N=NC(=S)S. The van der Waals surface area contributed by atoms with Gasteiger partial charge in [0.25, 0.3) is 0 Å². The summed E-state index contributed by atoms with van der Waals surface area (Å²) in [6, 6.07) is 0. The van der Waals surface area contributed by atoms with Gasteiger partial charge in [-0.3, -0.25) is 0 Å². The second-order valence-corrected chi connectivity index (χ2v) is 2.99. The molecule has 0 aromatic rings. The Morgan fingerprint density at radius 2 is 1.25 bits per heavy atom. The van der Waals surface area contributed by atoms with Gasteiger partial charge in [-0.1, -0.05) is 0 Å². The van der Waals surface area contributed by atoms with Crippen LogP contribution in [0.2, 0.25) is 0 Å². The van der Waals surface area contributed by atoms with Crippen molar-refractivity contribution in [2.24, 2.45) is 10.2 Å². The molecule has 0 N–H and O–H groups in total. The third-order valence-corrected chi connectivity index (χ3v) is 0.563. The highest BCUT2D eigenvalue weighted by atomic mass is 32.1. The fraction of sp³-hybridized carbons (Fsp3) is 0. The van der Waals surface area contributed by atoms with Gasteiger partial charge in [0.15, 0.2) is 8.64 Å². The zero-order valence-electron chi connectivity index (χ0n) is 3.61. The second-order valence-electron chi connectivity index (χ2n) is 0.765. The lowest BCUT2D eigenvalue weighted by Gasteiger charge is -1.78. The van der Waals surface area contributed by atoms with Crippen LogP contribution in [0.1, 0.15) is 0 Å². The first-order valence-corrected chi connectivity index (χ1v) is 3.21. The molecule has 6 heteroatoms. The standard InChI is InChI=1S/C2H2N2S4/c5-1(6)3-4-2(7)8/h(H,5,6)(H,7,8). The maximum atomic E-state index is 4.42. The molecule has 0 bridgehead atoms. The predicted octanol–water partition coefficient (Wildman–Crippen LogP) is 1.87. The lowest BCUT2D eigenvalue weighted by molar-refractivity contribution is 1.42. The van der Waals surface area contributed by atoms with E-state index in [1.165, 1.54) is 0 Å². The van der Waals surface area contributed by atoms with Crippen molar-refractivity contribution in [3.05, 3.63) is 0 Å². The minimum atomic E-state index is 0.154. The van der Waals surface area contributed by atoms with Crippen LogP contribution in [0.5, 0.6) is 0 Å². The molecule has 0 atom stereocenters. The highest BCUT2D eigenvalue weighted by Crippen LogP contribution is 1.91. The van der Waals surface area contributed by atoms with Crippen LogP contribution in [0, 0.1) is 0 Å². The normalized spacial score (nSPS) is 9.75. The van der Waals surface area contributed by atoms with E-state index in [1.807, 2.05) is 0 Å². The quantitative estimate of drug-likeness (QED) is 0.339. The van der Waals surface area contributed by atoms with Gasteiger partial charge in [0, 0.05) is 0 Å². The second kappa shape index (κ2) is 4.37. The Morgan fingerprint density at radius 3 is 1.38 bits per heavy atom. The molecular weight excluding hydrogens is 180 g/mol. The lowest BCUT2D eigenvalue weighted by Crippen LogP contribution is -1.73. The van der Waals surface area contributed by atoms with Gasteiger partial charge < -0.3 is 0 Å². The summed E-state index contributed by atoms with van der Waals surface area (Å²) < 4.78 is 0.308. The Bertz CT molecular complexity index is 123. The summed E-state index contributed by atoms with van der Waals surface area (Å²) in [5.41, 5.74) is 0. The van der Waals surface area contributed by atoms with E-state index < -0.39 is 0 Å². The van der Waals surface area contributed by atoms with Crippen LogP contribution in [0.4, 0.5) is 0 Å². The zero-order valence-corrected chi connectivity index (χ0v) is 7.03. The summed E-state index contributed by atoms with van der Waals surface area (Å²) in [4.78, 5) is 0. The Balaban J connectivity index is 3.67. The summed E-state index contributed by atoms with van der Waals surface area (Å²) in [6.07, 6.45) is 0.